The van der Waals surface area contributed by atoms with Crippen molar-refractivity contribution < 1.29 is 38.6 Å². The molecule has 2 saturated carbocycles. The van der Waals surface area contributed by atoms with Crippen LogP contribution in [-0.4, -0.2) is 87.5 Å². The van der Waals surface area contributed by atoms with Gasteiger partial charge in [-0.3, -0.25) is 28.9 Å². The number of rotatable bonds is 6. The van der Waals surface area contributed by atoms with E-state index in [0.717, 1.165) is 4.90 Å². The summed E-state index contributed by atoms with van der Waals surface area (Å²) in [5.41, 5.74) is 16.9. The van der Waals surface area contributed by atoms with Gasteiger partial charge in [0.15, 0.2) is 34.5 Å². The Bertz CT molecular complexity index is 1710. The first kappa shape index (κ1) is 32.1. The molecule has 3 aliphatic carbocycles. The molecule has 2 unspecified atom stereocenters. The second-order valence-corrected chi connectivity index (χ2v) is 12.5. The largest absolute Gasteiger partial charge is 0.507 e. The van der Waals surface area contributed by atoms with Gasteiger partial charge in [-0.15, -0.1) is 0 Å². The number of aromatic hydroxyl groups is 1. The molecule has 238 valence electrons. The van der Waals surface area contributed by atoms with Gasteiger partial charge in [-0.05, 0) is 43.9 Å². The van der Waals surface area contributed by atoms with E-state index < -0.39 is 86.9 Å². The van der Waals surface area contributed by atoms with Crippen LogP contribution in [-0.2, 0) is 25.7 Å². The summed E-state index contributed by atoms with van der Waals surface area (Å²) >= 11 is 0. The minimum absolute atomic E-state index is 0.0822. The highest BCUT2D eigenvalue weighted by molar-refractivity contribution is 6.33. The average molecular weight is 622 g/mol. The van der Waals surface area contributed by atoms with E-state index in [0.29, 0.717) is 12.3 Å². The first-order valence-corrected chi connectivity index (χ1v) is 14.2. The number of nitrogens with two attached hydrogens (primary N) is 4. The number of aliphatic hydroxyl groups excluding tert-OH is 1. The maximum absolute atomic E-state index is 14.5. The molecule has 1 aromatic carbocycles. The number of likely N-dealkylation sites (N-methyl/N-ethyl adjacent to an activating group) is 1. The molecule has 0 bridgehead atoms. The van der Waals surface area contributed by atoms with Gasteiger partial charge in [0, 0.05) is 11.6 Å². The summed E-state index contributed by atoms with van der Waals surface area (Å²) in [4.78, 5) is 69.8. The minimum atomic E-state index is -3.14. The summed E-state index contributed by atoms with van der Waals surface area (Å²) in [6.45, 7) is 4.27. The molecule has 0 radical (unpaired) electrons. The van der Waals surface area contributed by atoms with E-state index in [-0.39, 0.29) is 22.9 Å². The highest BCUT2D eigenvalue weighted by Crippen LogP contribution is 2.59. The number of hydrogen-bond donors (Lipinski definition) is 7. The van der Waals surface area contributed by atoms with Crippen LogP contribution in [0.3, 0.4) is 0 Å². The monoisotopic (exact) mass is 621 g/mol. The number of phenolic OH excluding ortho intramolecular Hbond substituents is 1. The van der Waals surface area contributed by atoms with E-state index in [1.54, 1.807) is 18.2 Å². The Morgan fingerprint density at radius 1 is 1.13 bits per heavy atom. The molecule has 1 amide bonds. The van der Waals surface area contributed by atoms with Gasteiger partial charge in [0.25, 0.3) is 0 Å². The third-order valence-electron chi connectivity index (χ3n) is 9.51. The average Bonchev–Trinajstić information content (AvgIpc) is 3.42. The Balaban J connectivity index is 1.78. The highest BCUT2D eigenvalue weighted by Gasteiger charge is 2.83. The Labute approximate surface area is 257 Å². The van der Waals surface area contributed by atoms with Crippen molar-refractivity contribution in [3.63, 3.8) is 0 Å². The number of aliphatic hydroxyl groups is 1. The van der Waals surface area contributed by atoms with Crippen LogP contribution in [0.15, 0.2) is 28.7 Å². The molecule has 0 aliphatic heterocycles. The molecule has 0 saturated heterocycles. The predicted molar refractivity (Wildman–Crippen MR) is 156 cm³/mol. The fourth-order valence-corrected chi connectivity index (χ4v) is 7.44. The SMILES string of the molecule is CC(C)NCc1ccc(-c2ccc(O)c3c2[C@H](N)[C@]2(N)C(C3=O)C(=O)[C@]3(C#N)C(=O)C(C(N)=O)C(=O)[C@@H](N(C)C)[C@]3(N)[C@H]2O)o1. The molecular formula is C30H35N7O8. The van der Waals surface area contributed by atoms with Crippen LogP contribution in [0, 0.1) is 28.6 Å². The van der Waals surface area contributed by atoms with Crippen LogP contribution in [0.2, 0.25) is 0 Å². The molecule has 1 aromatic heterocycles. The van der Waals surface area contributed by atoms with Gasteiger partial charge in [-0.1, -0.05) is 13.8 Å². The number of furan rings is 1. The molecule has 2 fully saturated rings. The van der Waals surface area contributed by atoms with Crippen molar-refractivity contribution in [1.82, 2.24) is 10.2 Å². The van der Waals surface area contributed by atoms with E-state index in [9.17, 15) is 39.4 Å². The van der Waals surface area contributed by atoms with Crippen LogP contribution in [0.5, 0.6) is 5.75 Å². The minimum Gasteiger partial charge on any atom is -0.507 e. The molecule has 0 spiro atoms. The number of carbonyl (C=O) groups is 5. The summed E-state index contributed by atoms with van der Waals surface area (Å²) in [5, 5.41) is 36.8. The number of carbonyl (C=O) groups excluding carboxylic acids is 5. The number of phenols is 1. The third-order valence-corrected chi connectivity index (χ3v) is 9.51. The molecule has 11 N–H and O–H groups in total. The molecule has 3 aliphatic rings. The summed E-state index contributed by atoms with van der Waals surface area (Å²) in [6, 6.07) is 4.12. The van der Waals surface area contributed by atoms with E-state index in [2.05, 4.69) is 5.32 Å². The number of Topliss-reactive ketones (excluding diaryl/α,β-unsaturated/α-hetero) is 4. The van der Waals surface area contributed by atoms with Crippen molar-refractivity contribution >= 4 is 29.0 Å². The van der Waals surface area contributed by atoms with Gasteiger partial charge in [0.2, 0.25) is 5.91 Å². The molecule has 15 nitrogen and oxygen atoms in total. The number of fused-ring (bicyclic) bond motifs is 3. The van der Waals surface area contributed by atoms with Crippen LogP contribution < -0.4 is 28.3 Å². The highest BCUT2D eigenvalue weighted by atomic mass is 16.3. The first-order valence-electron chi connectivity index (χ1n) is 14.2. The standard InChI is InChI=1S/C30H35N7O8/c1-11(2)36-9-12-5-8-15(45-12)13-6-7-14(38)17-16(13)22(32)29(34)19(20(17)39)25(42)28(10-31)24(41)18(26(33)43)21(40)23(37(3)4)30(28,35)27(29)44/h5-8,11,18-19,22-23,27,36,38,44H,9,32,34-35H2,1-4H3,(H2,33,43)/t18?,19?,22-,23+,27-,28-,29+,30-/m0/s1. The quantitative estimate of drug-likeness (QED) is 0.172. The van der Waals surface area contributed by atoms with E-state index >= 15 is 0 Å². The maximum atomic E-state index is 14.5. The molecule has 1 heterocycles. The smallest absolute Gasteiger partial charge is 0.235 e. The Morgan fingerprint density at radius 3 is 2.33 bits per heavy atom. The number of nitriles is 1. The first-order chi connectivity index (χ1) is 20.9. The lowest BCUT2D eigenvalue weighted by Crippen LogP contribution is -2.92. The Morgan fingerprint density at radius 2 is 1.78 bits per heavy atom. The number of hydrogen-bond acceptors (Lipinski definition) is 14. The summed E-state index contributed by atoms with van der Waals surface area (Å²) in [6.07, 6.45) is -2.36. The molecule has 5 rings (SSSR count). The number of nitrogens with zero attached hydrogens (tertiary/aromatic N) is 2. The number of primary amides is 1. The lowest BCUT2D eigenvalue weighted by Gasteiger charge is -2.64. The fraction of sp³-hybridized carbons (Fsp3) is 0.467. The Kier molecular flexibility index (Phi) is 7.40. The number of nitrogens with one attached hydrogen (secondary N) is 1. The van der Waals surface area contributed by atoms with Gasteiger partial charge in [0.1, 0.15) is 23.2 Å². The van der Waals surface area contributed by atoms with Crippen LogP contribution in [0.1, 0.15) is 41.6 Å². The van der Waals surface area contributed by atoms with Gasteiger partial charge in [-0.2, -0.15) is 5.26 Å². The van der Waals surface area contributed by atoms with Crippen molar-refractivity contribution in [3.05, 3.63) is 41.2 Å². The lowest BCUT2D eigenvalue weighted by atomic mass is 9.41. The van der Waals surface area contributed by atoms with Crippen molar-refractivity contribution in [1.29, 1.82) is 5.26 Å². The zero-order chi connectivity index (χ0) is 33.5. The zero-order valence-electron chi connectivity index (χ0n) is 25.0. The molecular weight excluding hydrogens is 586 g/mol. The second-order valence-electron chi connectivity index (χ2n) is 12.5. The maximum Gasteiger partial charge on any atom is 0.235 e. The Hall–Kier alpha value is -4.30. The van der Waals surface area contributed by atoms with Crippen molar-refractivity contribution in [2.75, 3.05) is 14.1 Å². The third kappa shape index (κ3) is 3.87. The second kappa shape index (κ2) is 10.4. The topological polar surface area (TPSA) is 282 Å². The molecule has 2 aromatic rings. The normalized spacial score (nSPS) is 34.4. The van der Waals surface area contributed by atoms with Gasteiger partial charge >= 0.3 is 0 Å². The lowest BCUT2D eigenvalue weighted by molar-refractivity contribution is -0.181. The number of amides is 1. The molecule has 45 heavy (non-hydrogen) atoms. The van der Waals surface area contributed by atoms with E-state index in [4.69, 9.17) is 27.4 Å². The van der Waals surface area contributed by atoms with E-state index in [1.165, 1.54) is 26.2 Å². The summed E-state index contributed by atoms with van der Waals surface area (Å²) in [5.74, 6) is -11.1. The number of ketones is 4. The number of benzene rings is 1. The van der Waals surface area contributed by atoms with Gasteiger partial charge in [-0.25, -0.2) is 0 Å². The summed E-state index contributed by atoms with van der Waals surface area (Å²) in [7, 11) is 2.64. The van der Waals surface area contributed by atoms with Gasteiger partial charge < -0.3 is 42.9 Å². The van der Waals surface area contributed by atoms with Crippen molar-refractivity contribution in [2.24, 2.45) is 40.2 Å². The summed E-state index contributed by atoms with van der Waals surface area (Å²) < 4.78 is 5.99. The van der Waals surface area contributed by atoms with Crippen LogP contribution in [0.4, 0.5) is 0 Å². The van der Waals surface area contributed by atoms with Gasteiger partial charge in [0.05, 0.1) is 47.4 Å². The van der Waals surface area contributed by atoms with Crippen molar-refractivity contribution in [3.8, 4) is 23.1 Å². The zero-order valence-corrected chi connectivity index (χ0v) is 25.0. The predicted octanol–water partition coefficient (Wildman–Crippen LogP) is -2.01. The molecule has 8 atom stereocenters. The van der Waals surface area contributed by atoms with Crippen molar-refractivity contribution in [2.45, 2.75) is 55.7 Å². The van der Waals surface area contributed by atoms with Crippen LogP contribution in [0.25, 0.3) is 11.3 Å². The van der Waals surface area contributed by atoms with E-state index in [1.807, 2.05) is 13.8 Å². The fourth-order valence-electron chi connectivity index (χ4n) is 7.44. The molecule has 15 heteroatoms. The van der Waals surface area contributed by atoms with Crippen LogP contribution >= 0.6 is 0 Å².